The third-order valence-electron chi connectivity index (χ3n) is 5.13. The zero-order valence-corrected chi connectivity index (χ0v) is 16.7. The van der Waals surface area contributed by atoms with Gasteiger partial charge in [0.2, 0.25) is 5.95 Å². The molecule has 2 aromatic carbocycles. The van der Waals surface area contributed by atoms with E-state index in [9.17, 15) is 14.9 Å². The number of ether oxygens (including phenoxy) is 1. The van der Waals surface area contributed by atoms with Gasteiger partial charge in [-0.05, 0) is 47.2 Å². The molecule has 5 rings (SSSR count). The van der Waals surface area contributed by atoms with E-state index in [1.807, 2.05) is 31.2 Å². The second-order valence-electron chi connectivity index (χ2n) is 6.97. The number of anilines is 2. The van der Waals surface area contributed by atoms with Crippen LogP contribution in [0.3, 0.4) is 0 Å². The van der Waals surface area contributed by atoms with Crippen molar-refractivity contribution in [2.45, 2.75) is 13.0 Å². The molecular formula is C20H16N8O4. The number of nitro benzene ring substituents is 1. The first-order valence-corrected chi connectivity index (χ1v) is 9.72. The fourth-order valence-electron chi connectivity index (χ4n) is 3.72. The molecule has 0 spiro atoms. The summed E-state index contributed by atoms with van der Waals surface area (Å²) < 4.78 is 7.10. The van der Waals surface area contributed by atoms with Gasteiger partial charge in [-0.25, -0.2) is 5.10 Å². The lowest BCUT2D eigenvalue weighted by Gasteiger charge is -2.27. The van der Waals surface area contributed by atoms with Gasteiger partial charge in [-0.15, -0.1) is 0 Å². The second-order valence-corrected chi connectivity index (χ2v) is 6.97. The number of H-pyrrole nitrogens is 1. The first-order chi connectivity index (χ1) is 15.6. The molecule has 1 aliphatic heterocycles. The van der Waals surface area contributed by atoms with Crippen LogP contribution in [0.4, 0.5) is 17.3 Å². The number of aromatic nitrogens is 6. The predicted octanol–water partition coefficient (Wildman–Crippen LogP) is 2.42. The Morgan fingerprint density at radius 1 is 1.16 bits per heavy atom. The van der Waals surface area contributed by atoms with Crippen LogP contribution in [-0.4, -0.2) is 41.9 Å². The molecule has 0 amide bonds. The highest BCUT2D eigenvalue weighted by Gasteiger charge is 2.34. The summed E-state index contributed by atoms with van der Waals surface area (Å²) >= 11 is 0. The van der Waals surface area contributed by atoms with E-state index in [-0.39, 0.29) is 11.4 Å². The topological polar surface area (TPSA) is 154 Å². The van der Waals surface area contributed by atoms with Crippen molar-refractivity contribution in [2.75, 3.05) is 11.9 Å². The fourth-order valence-corrected chi connectivity index (χ4v) is 3.72. The smallest absolute Gasteiger partial charge is 0.288 e. The highest BCUT2D eigenvalue weighted by atomic mass is 16.6. The van der Waals surface area contributed by atoms with Crippen LogP contribution in [0.15, 0.2) is 53.3 Å². The van der Waals surface area contributed by atoms with Crippen molar-refractivity contribution in [1.82, 2.24) is 30.4 Å². The van der Waals surface area contributed by atoms with Crippen LogP contribution in [0.2, 0.25) is 0 Å². The number of nitrogens with zero attached hydrogens (tertiary/aromatic N) is 6. The molecule has 2 aromatic heterocycles. The maximum absolute atomic E-state index is 12.7. The summed E-state index contributed by atoms with van der Waals surface area (Å²) in [5.41, 5.74) is 2.17. The number of hydrogen-bond acceptors (Lipinski definition) is 9. The van der Waals surface area contributed by atoms with Gasteiger partial charge in [0.15, 0.2) is 0 Å². The minimum atomic E-state index is -0.563. The summed E-state index contributed by atoms with van der Waals surface area (Å²) in [5, 5.41) is 32.6. The summed E-state index contributed by atoms with van der Waals surface area (Å²) in [4.78, 5) is 23.2. The molecule has 0 aliphatic carbocycles. The zero-order chi connectivity index (χ0) is 22.2. The Bertz CT molecular complexity index is 1360. The lowest BCUT2D eigenvalue weighted by molar-refractivity contribution is -0.384. The van der Waals surface area contributed by atoms with Crippen LogP contribution < -0.4 is 15.6 Å². The van der Waals surface area contributed by atoms with Gasteiger partial charge < -0.3 is 10.1 Å². The summed E-state index contributed by atoms with van der Waals surface area (Å²) in [7, 11) is 0. The van der Waals surface area contributed by atoms with E-state index >= 15 is 0 Å². The number of tetrazole rings is 1. The first-order valence-electron chi connectivity index (χ1n) is 9.72. The summed E-state index contributed by atoms with van der Waals surface area (Å²) in [6.07, 6.45) is 0. The first kappa shape index (κ1) is 19.4. The number of nitro groups is 1. The number of rotatable bonds is 5. The number of non-ortho nitro benzene ring substituents is 1. The molecule has 1 aliphatic rings. The third-order valence-corrected chi connectivity index (χ3v) is 5.13. The Morgan fingerprint density at radius 2 is 1.91 bits per heavy atom. The molecule has 2 N–H and O–H groups in total. The Labute approximate surface area is 180 Å². The lowest BCUT2D eigenvalue weighted by atomic mass is 9.92. The summed E-state index contributed by atoms with van der Waals surface area (Å²) in [6, 6.07) is 12.8. The molecular weight excluding hydrogens is 416 g/mol. The molecule has 32 heavy (non-hydrogen) atoms. The number of aromatic amines is 1. The second kappa shape index (κ2) is 7.58. The molecule has 0 radical (unpaired) electrons. The van der Waals surface area contributed by atoms with Gasteiger partial charge >= 0.3 is 0 Å². The minimum absolute atomic E-state index is 0.0454. The third kappa shape index (κ3) is 3.14. The molecule has 0 saturated carbocycles. The van der Waals surface area contributed by atoms with Gasteiger partial charge in [0.05, 0.1) is 17.2 Å². The quantitative estimate of drug-likeness (QED) is 0.315. The minimum Gasteiger partial charge on any atom is -0.494 e. The molecule has 12 nitrogen and oxygen atoms in total. The average Bonchev–Trinajstić information content (AvgIpc) is 3.28. The van der Waals surface area contributed by atoms with Crippen LogP contribution in [0.5, 0.6) is 5.75 Å². The summed E-state index contributed by atoms with van der Waals surface area (Å²) in [6.45, 7) is 2.44. The highest BCUT2D eigenvalue weighted by molar-refractivity contribution is 5.75. The number of hydrogen-bond donors (Lipinski definition) is 2. The molecule has 1 atom stereocenters. The van der Waals surface area contributed by atoms with E-state index in [1.54, 1.807) is 16.8 Å². The Kier molecular flexibility index (Phi) is 4.58. The predicted molar refractivity (Wildman–Crippen MR) is 113 cm³/mol. The van der Waals surface area contributed by atoms with E-state index < -0.39 is 16.5 Å². The van der Waals surface area contributed by atoms with E-state index in [0.29, 0.717) is 35.1 Å². The van der Waals surface area contributed by atoms with Crippen LogP contribution in [-0.2, 0) is 0 Å². The number of nitrogens with one attached hydrogen (secondary N) is 2. The van der Waals surface area contributed by atoms with Gasteiger partial charge in [-0.1, -0.05) is 17.2 Å². The van der Waals surface area contributed by atoms with Crippen LogP contribution in [0, 0.1) is 10.1 Å². The van der Waals surface area contributed by atoms with Crippen molar-refractivity contribution in [3.05, 3.63) is 80.1 Å². The molecule has 4 aromatic rings. The van der Waals surface area contributed by atoms with Crippen LogP contribution >= 0.6 is 0 Å². The van der Waals surface area contributed by atoms with E-state index in [4.69, 9.17) is 4.74 Å². The average molecular weight is 432 g/mol. The highest BCUT2D eigenvalue weighted by Crippen LogP contribution is 2.41. The largest absolute Gasteiger partial charge is 0.494 e. The Balaban J connectivity index is 1.71. The SMILES string of the molecule is CCOc1ccc([C@H]2c3c(-c4ccc([N+](=O)[O-])cc4)n[nH]c(=O)c3Nc3nnnn32)cc1. The van der Waals surface area contributed by atoms with Crippen molar-refractivity contribution >= 4 is 17.3 Å². The van der Waals surface area contributed by atoms with Crippen molar-refractivity contribution in [3.8, 4) is 17.0 Å². The van der Waals surface area contributed by atoms with Gasteiger partial charge in [0.1, 0.15) is 17.5 Å². The van der Waals surface area contributed by atoms with E-state index in [2.05, 4.69) is 31.0 Å². The molecule has 160 valence electrons. The Morgan fingerprint density at radius 3 is 2.59 bits per heavy atom. The van der Waals surface area contributed by atoms with E-state index in [0.717, 1.165) is 5.56 Å². The molecule has 0 fully saturated rings. The monoisotopic (exact) mass is 432 g/mol. The zero-order valence-electron chi connectivity index (χ0n) is 16.7. The van der Waals surface area contributed by atoms with Gasteiger partial charge in [0.25, 0.3) is 11.2 Å². The lowest BCUT2D eigenvalue weighted by Crippen LogP contribution is -2.29. The summed E-state index contributed by atoms with van der Waals surface area (Å²) in [5.74, 6) is 1.02. The standard InChI is InChI=1S/C20H16N8O4/c1-2-32-14-9-5-12(6-10-14)18-15-16(11-3-7-13(8-4-11)28(30)31)22-23-19(29)17(15)21-20-24-25-26-27(18)20/h3-10,18H,2H2,1H3,(H,23,29)(H,21,24,26)/t18-/m0/s1. The van der Waals surface area contributed by atoms with Crippen molar-refractivity contribution in [2.24, 2.45) is 0 Å². The maximum Gasteiger partial charge on any atom is 0.288 e. The molecule has 12 heteroatoms. The maximum atomic E-state index is 12.7. The van der Waals surface area contributed by atoms with Crippen molar-refractivity contribution < 1.29 is 9.66 Å². The van der Waals surface area contributed by atoms with Gasteiger partial charge in [-0.2, -0.15) is 9.78 Å². The fraction of sp³-hybridized carbons (Fsp3) is 0.150. The van der Waals surface area contributed by atoms with E-state index in [1.165, 1.54) is 12.1 Å². The molecule has 3 heterocycles. The molecule has 0 unspecified atom stereocenters. The van der Waals surface area contributed by atoms with Crippen LogP contribution in [0.1, 0.15) is 24.1 Å². The van der Waals surface area contributed by atoms with Crippen LogP contribution in [0.25, 0.3) is 11.3 Å². The normalized spacial score (nSPS) is 14.2. The van der Waals surface area contributed by atoms with Crippen molar-refractivity contribution in [3.63, 3.8) is 0 Å². The molecule has 0 bridgehead atoms. The Hall–Kier alpha value is -4.61. The number of benzene rings is 2. The molecule has 0 saturated heterocycles. The van der Waals surface area contributed by atoms with Gasteiger partial charge in [0, 0.05) is 23.3 Å². The van der Waals surface area contributed by atoms with Crippen molar-refractivity contribution in [1.29, 1.82) is 0 Å². The number of fused-ring (bicyclic) bond motifs is 2. The van der Waals surface area contributed by atoms with Gasteiger partial charge in [-0.3, -0.25) is 14.9 Å².